The minimum Gasteiger partial charge on any atom is -0.353 e. The molecule has 6 aromatic rings. The van der Waals surface area contributed by atoms with Gasteiger partial charge in [-0.2, -0.15) is 0 Å². The molecule has 0 aliphatic carbocycles. The Morgan fingerprint density at radius 2 is 0.958 bits per heavy atom. The number of hydrogen-bond acceptors (Lipinski definition) is 1. The van der Waals surface area contributed by atoms with Gasteiger partial charge in [0.05, 0.1) is 22.1 Å². The summed E-state index contributed by atoms with van der Waals surface area (Å²) in [7, 11) is 0. The van der Waals surface area contributed by atoms with Crippen LogP contribution in [0.2, 0.25) is 0 Å². The van der Waals surface area contributed by atoms with Crippen LogP contribution in [0, 0.1) is 0 Å². The van der Waals surface area contributed by atoms with E-state index in [2.05, 4.69) is 44.2 Å². The lowest BCUT2D eigenvalue weighted by Crippen LogP contribution is -1.99. The molecule has 5 nitrogen and oxygen atoms in total. The first-order valence-corrected chi connectivity index (χ1v) is 7.86. The summed E-state index contributed by atoms with van der Waals surface area (Å²) in [5.41, 5.74) is 5.67. The minimum absolute atomic E-state index is 0.186. The standard InChI is InChI=1S/C19H12N4O/c24-19-22-17-13-9-5-1-3-7-11(9)20-15(13)16-14(18(17)23-19)10-6-2-4-8-12(10)21-16/h1-8,20-21H,(H2,22,23,24). The first kappa shape index (κ1) is 12.0. The van der Waals surface area contributed by atoms with E-state index in [1.807, 2.05) is 24.3 Å². The van der Waals surface area contributed by atoms with Crippen molar-refractivity contribution in [2.45, 2.75) is 0 Å². The maximum Gasteiger partial charge on any atom is 0.323 e. The lowest BCUT2D eigenvalue weighted by atomic mass is 10.1. The van der Waals surface area contributed by atoms with Gasteiger partial charge in [-0.3, -0.25) is 0 Å². The molecule has 6 rings (SSSR count). The zero-order valence-electron chi connectivity index (χ0n) is 12.5. The van der Waals surface area contributed by atoms with E-state index in [0.717, 1.165) is 54.6 Å². The van der Waals surface area contributed by atoms with Crippen molar-refractivity contribution in [1.29, 1.82) is 0 Å². The summed E-state index contributed by atoms with van der Waals surface area (Å²) in [6.45, 7) is 0. The number of aromatic amines is 4. The maximum absolute atomic E-state index is 12.1. The fourth-order valence-electron chi connectivity index (χ4n) is 3.94. The molecule has 0 radical (unpaired) electrons. The minimum atomic E-state index is -0.186. The van der Waals surface area contributed by atoms with E-state index in [9.17, 15) is 4.79 Å². The Bertz CT molecular complexity index is 1370. The number of rotatable bonds is 0. The van der Waals surface area contributed by atoms with E-state index in [0.29, 0.717) is 0 Å². The van der Waals surface area contributed by atoms with Crippen molar-refractivity contribution >= 4 is 54.6 Å². The molecule has 3 aromatic carbocycles. The van der Waals surface area contributed by atoms with Crippen molar-refractivity contribution in [3.8, 4) is 0 Å². The van der Waals surface area contributed by atoms with Gasteiger partial charge in [-0.05, 0) is 12.1 Å². The van der Waals surface area contributed by atoms with E-state index in [-0.39, 0.29) is 5.69 Å². The molecule has 4 N–H and O–H groups in total. The number of benzene rings is 3. The lowest BCUT2D eigenvalue weighted by molar-refractivity contribution is 1.22. The molecule has 0 bridgehead atoms. The fraction of sp³-hybridized carbons (Fsp3) is 0. The Hall–Kier alpha value is -3.47. The molecule has 3 heterocycles. The van der Waals surface area contributed by atoms with Gasteiger partial charge in [-0.1, -0.05) is 36.4 Å². The molecule has 3 aromatic heterocycles. The molecule has 0 saturated carbocycles. The summed E-state index contributed by atoms with van der Waals surface area (Å²) in [6.07, 6.45) is 0. The third-order valence-corrected chi connectivity index (χ3v) is 4.89. The molecule has 0 fully saturated rings. The molecule has 0 unspecified atom stereocenters. The van der Waals surface area contributed by atoms with Gasteiger partial charge in [0.2, 0.25) is 0 Å². The van der Waals surface area contributed by atoms with E-state index in [1.165, 1.54) is 0 Å². The highest BCUT2D eigenvalue weighted by molar-refractivity contribution is 6.33. The molecule has 0 atom stereocenters. The van der Waals surface area contributed by atoms with E-state index >= 15 is 0 Å². The Kier molecular flexibility index (Phi) is 1.95. The van der Waals surface area contributed by atoms with Gasteiger partial charge < -0.3 is 19.9 Å². The molecule has 114 valence electrons. The quantitative estimate of drug-likeness (QED) is 0.334. The number of para-hydroxylation sites is 2. The highest BCUT2D eigenvalue weighted by Gasteiger charge is 2.18. The summed E-state index contributed by atoms with van der Waals surface area (Å²) in [5.74, 6) is 0. The smallest absolute Gasteiger partial charge is 0.323 e. The third kappa shape index (κ3) is 1.29. The largest absolute Gasteiger partial charge is 0.353 e. The van der Waals surface area contributed by atoms with E-state index < -0.39 is 0 Å². The van der Waals surface area contributed by atoms with Crippen LogP contribution >= 0.6 is 0 Å². The zero-order valence-corrected chi connectivity index (χ0v) is 12.5. The zero-order chi connectivity index (χ0) is 15.8. The van der Waals surface area contributed by atoms with Crippen LogP contribution in [0.1, 0.15) is 0 Å². The van der Waals surface area contributed by atoms with Crippen LogP contribution < -0.4 is 5.69 Å². The van der Waals surface area contributed by atoms with Crippen molar-refractivity contribution in [3.05, 3.63) is 59.0 Å². The Balaban J connectivity index is 2.09. The van der Waals surface area contributed by atoms with Gasteiger partial charge in [-0.15, -0.1) is 0 Å². The van der Waals surface area contributed by atoms with Crippen molar-refractivity contribution in [3.63, 3.8) is 0 Å². The molecule has 24 heavy (non-hydrogen) atoms. The van der Waals surface area contributed by atoms with Crippen molar-refractivity contribution in [1.82, 2.24) is 19.9 Å². The molecular formula is C19H12N4O. The summed E-state index contributed by atoms with van der Waals surface area (Å²) < 4.78 is 0. The number of H-pyrrole nitrogens is 4. The Morgan fingerprint density at radius 3 is 1.46 bits per heavy atom. The van der Waals surface area contributed by atoms with Gasteiger partial charge in [0, 0.05) is 32.6 Å². The highest BCUT2D eigenvalue weighted by atomic mass is 16.1. The molecule has 0 aliphatic rings. The first-order chi connectivity index (χ1) is 11.8. The number of imidazole rings is 1. The van der Waals surface area contributed by atoms with E-state index in [4.69, 9.17) is 0 Å². The van der Waals surface area contributed by atoms with Crippen LogP contribution in [0.3, 0.4) is 0 Å². The number of aromatic nitrogens is 4. The van der Waals surface area contributed by atoms with Crippen molar-refractivity contribution < 1.29 is 0 Å². The van der Waals surface area contributed by atoms with E-state index in [1.54, 1.807) is 0 Å². The van der Waals surface area contributed by atoms with Gasteiger partial charge in [0.1, 0.15) is 0 Å². The van der Waals surface area contributed by atoms with Crippen molar-refractivity contribution in [2.24, 2.45) is 0 Å². The van der Waals surface area contributed by atoms with Crippen LogP contribution in [0.4, 0.5) is 0 Å². The molecular weight excluding hydrogens is 300 g/mol. The second kappa shape index (κ2) is 3.89. The van der Waals surface area contributed by atoms with Gasteiger partial charge in [0.15, 0.2) is 0 Å². The fourth-order valence-corrected chi connectivity index (χ4v) is 3.94. The first-order valence-electron chi connectivity index (χ1n) is 7.86. The Labute approximate surface area is 134 Å². The molecule has 0 aliphatic heterocycles. The molecule has 0 saturated heterocycles. The second-order valence-electron chi connectivity index (χ2n) is 6.17. The third-order valence-electron chi connectivity index (χ3n) is 4.89. The van der Waals surface area contributed by atoms with Crippen LogP contribution in [-0.4, -0.2) is 19.9 Å². The van der Waals surface area contributed by atoms with Crippen LogP contribution in [0.25, 0.3) is 54.6 Å². The number of hydrogen-bond donors (Lipinski definition) is 4. The average Bonchev–Trinajstić information content (AvgIpc) is 3.25. The SMILES string of the molecule is O=c1[nH]c2c([nH]1)c1c3ccccc3[nH]c1c1[nH]c3ccccc3c21. The maximum atomic E-state index is 12.1. The molecule has 5 heteroatoms. The van der Waals surface area contributed by atoms with Crippen LogP contribution in [-0.2, 0) is 0 Å². The second-order valence-corrected chi connectivity index (χ2v) is 6.17. The summed E-state index contributed by atoms with van der Waals surface area (Å²) >= 11 is 0. The average molecular weight is 312 g/mol. The highest BCUT2D eigenvalue weighted by Crippen LogP contribution is 2.39. The lowest BCUT2D eigenvalue weighted by Gasteiger charge is -1.98. The summed E-state index contributed by atoms with van der Waals surface area (Å²) in [4.78, 5) is 25.1. The monoisotopic (exact) mass is 312 g/mol. The Morgan fingerprint density at radius 1 is 0.542 bits per heavy atom. The van der Waals surface area contributed by atoms with Gasteiger partial charge in [0.25, 0.3) is 0 Å². The molecule has 0 amide bonds. The topological polar surface area (TPSA) is 80.2 Å². The van der Waals surface area contributed by atoms with Crippen LogP contribution in [0.5, 0.6) is 0 Å². The van der Waals surface area contributed by atoms with Gasteiger partial charge in [-0.25, -0.2) is 4.79 Å². The predicted molar refractivity (Wildman–Crippen MR) is 97.6 cm³/mol. The number of fused-ring (bicyclic) bond motifs is 10. The predicted octanol–water partition coefficient (Wildman–Crippen LogP) is 4.13. The summed E-state index contributed by atoms with van der Waals surface area (Å²) in [5, 5.41) is 4.29. The normalized spacial score (nSPS) is 12.3. The van der Waals surface area contributed by atoms with Crippen molar-refractivity contribution in [2.75, 3.05) is 0 Å². The summed E-state index contributed by atoms with van der Waals surface area (Å²) in [6, 6.07) is 16.3. The molecule has 0 spiro atoms. The number of nitrogens with one attached hydrogen (secondary N) is 4. The van der Waals surface area contributed by atoms with Gasteiger partial charge >= 0.3 is 5.69 Å². The van der Waals surface area contributed by atoms with Crippen LogP contribution in [0.15, 0.2) is 53.3 Å².